The summed E-state index contributed by atoms with van der Waals surface area (Å²) in [6.07, 6.45) is 4.66. The summed E-state index contributed by atoms with van der Waals surface area (Å²) in [6.45, 7) is 2.95. The molecule has 4 nitrogen and oxygen atoms in total. The number of hydrogen-bond acceptors (Lipinski definition) is 4. The number of fused-ring (bicyclic) bond motifs is 1. The van der Waals surface area contributed by atoms with Gasteiger partial charge in [-0.1, -0.05) is 12.1 Å². The maximum Gasteiger partial charge on any atom is 0.145 e. The fourth-order valence-electron chi connectivity index (χ4n) is 2.78. The van der Waals surface area contributed by atoms with Gasteiger partial charge in [-0.05, 0) is 43.2 Å². The Morgan fingerprint density at radius 2 is 1.91 bits per heavy atom. The molecule has 1 aromatic carbocycles. The zero-order valence-electron chi connectivity index (χ0n) is 13.8. The molecule has 2 heterocycles. The van der Waals surface area contributed by atoms with Crippen molar-refractivity contribution in [2.45, 2.75) is 13.3 Å². The minimum atomic E-state index is 0.815. The maximum absolute atomic E-state index is 5.46. The fourth-order valence-corrected chi connectivity index (χ4v) is 2.78. The summed E-state index contributed by atoms with van der Waals surface area (Å²) in [7, 11) is 3.81. The maximum atomic E-state index is 5.46. The molecule has 0 aliphatic carbocycles. The number of likely N-dealkylation sites (N-methyl/N-ethyl adjacent to an activating group) is 1. The number of anilines is 1. The van der Waals surface area contributed by atoms with E-state index in [0.717, 1.165) is 35.3 Å². The summed E-state index contributed by atoms with van der Waals surface area (Å²) in [4.78, 5) is 11.0. The third-order valence-corrected chi connectivity index (χ3v) is 4.03. The van der Waals surface area contributed by atoms with E-state index in [2.05, 4.69) is 46.2 Å². The Bertz CT molecular complexity index is 802. The topological polar surface area (TPSA) is 38.2 Å². The molecule has 0 radical (unpaired) electrons. The molecule has 0 N–H and O–H groups in total. The number of hydrogen-bond donors (Lipinski definition) is 0. The number of ether oxygens (including phenoxy) is 1. The molecule has 0 fully saturated rings. The molecular formula is C19H21N3O. The molecule has 118 valence electrons. The van der Waals surface area contributed by atoms with Crippen molar-refractivity contribution in [2.24, 2.45) is 0 Å². The van der Waals surface area contributed by atoms with E-state index in [4.69, 9.17) is 4.74 Å². The Hall–Kier alpha value is -2.62. The lowest BCUT2D eigenvalue weighted by Crippen LogP contribution is -2.21. The van der Waals surface area contributed by atoms with E-state index in [0.29, 0.717) is 0 Å². The largest absolute Gasteiger partial charge is 0.494 e. The molecule has 2 aromatic heterocycles. The number of aromatic nitrogens is 2. The van der Waals surface area contributed by atoms with Crippen molar-refractivity contribution in [3.63, 3.8) is 0 Å². The van der Waals surface area contributed by atoms with Crippen LogP contribution in [-0.2, 0) is 6.42 Å². The van der Waals surface area contributed by atoms with Gasteiger partial charge in [0, 0.05) is 42.8 Å². The summed E-state index contributed by atoms with van der Waals surface area (Å²) in [5.41, 5.74) is 4.38. The normalized spacial score (nSPS) is 10.7. The molecule has 0 atom stereocenters. The van der Waals surface area contributed by atoms with E-state index >= 15 is 0 Å². The highest BCUT2D eigenvalue weighted by Crippen LogP contribution is 2.31. The van der Waals surface area contributed by atoms with Crippen LogP contribution >= 0.6 is 0 Å². The molecule has 3 rings (SSSR count). The lowest BCUT2D eigenvalue weighted by molar-refractivity contribution is 0.419. The van der Waals surface area contributed by atoms with Crippen LogP contribution in [0.3, 0.4) is 0 Å². The van der Waals surface area contributed by atoms with Crippen molar-refractivity contribution in [1.82, 2.24) is 9.97 Å². The Morgan fingerprint density at radius 1 is 1.13 bits per heavy atom. The molecule has 0 spiro atoms. The molecule has 0 saturated carbocycles. The van der Waals surface area contributed by atoms with Gasteiger partial charge >= 0.3 is 0 Å². The van der Waals surface area contributed by atoms with Gasteiger partial charge in [0.25, 0.3) is 0 Å². The van der Waals surface area contributed by atoms with E-state index < -0.39 is 0 Å². The van der Waals surface area contributed by atoms with E-state index in [1.54, 1.807) is 7.11 Å². The zero-order valence-corrected chi connectivity index (χ0v) is 13.8. The molecule has 0 aliphatic rings. The number of rotatable bonds is 5. The summed E-state index contributed by atoms with van der Waals surface area (Å²) in [5.74, 6) is 0.815. The summed E-state index contributed by atoms with van der Waals surface area (Å²) >= 11 is 0. The number of methoxy groups -OCH3 is 1. The molecule has 4 heteroatoms. The first-order valence-electron chi connectivity index (χ1n) is 7.73. The van der Waals surface area contributed by atoms with Crippen molar-refractivity contribution >= 4 is 16.6 Å². The quantitative estimate of drug-likeness (QED) is 0.721. The van der Waals surface area contributed by atoms with E-state index in [-0.39, 0.29) is 0 Å². The van der Waals surface area contributed by atoms with Crippen LogP contribution < -0.4 is 9.64 Å². The average molecular weight is 307 g/mol. The Kier molecular flexibility index (Phi) is 4.42. The minimum absolute atomic E-state index is 0.815. The second-order valence-electron chi connectivity index (χ2n) is 5.67. The van der Waals surface area contributed by atoms with Crippen LogP contribution in [0.25, 0.3) is 10.9 Å². The van der Waals surface area contributed by atoms with Gasteiger partial charge in [0.1, 0.15) is 11.3 Å². The van der Waals surface area contributed by atoms with Gasteiger partial charge in [0.15, 0.2) is 0 Å². The van der Waals surface area contributed by atoms with Gasteiger partial charge in [-0.25, -0.2) is 4.98 Å². The summed E-state index contributed by atoms with van der Waals surface area (Å²) in [6, 6.07) is 12.3. The monoisotopic (exact) mass is 307 g/mol. The number of benzene rings is 1. The number of para-hydroxylation sites is 1. The predicted molar refractivity (Wildman–Crippen MR) is 94.2 cm³/mol. The first-order valence-corrected chi connectivity index (χ1v) is 7.73. The van der Waals surface area contributed by atoms with Gasteiger partial charge in [-0.3, -0.25) is 4.98 Å². The van der Waals surface area contributed by atoms with Crippen molar-refractivity contribution in [1.29, 1.82) is 0 Å². The third kappa shape index (κ3) is 3.26. The number of pyridine rings is 2. The van der Waals surface area contributed by atoms with Crippen LogP contribution in [-0.4, -0.2) is 30.7 Å². The number of aryl methyl sites for hydroxylation is 1. The third-order valence-electron chi connectivity index (χ3n) is 4.03. The molecule has 0 aliphatic heterocycles. The molecule has 0 bridgehead atoms. The smallest absolute Gasteiger partial charge is 0.145 e. The average Bonchev–Trinajstić information content (AvgIpc) is 2.59. The second kappa shape index (κ2) is 6.65. The predicted octanol–water partition coefficient (Wildman–Crippen LogP) is 3.63. The summed E-state index contributed by atoms with van der Waals surface area (Å²) in [5, 5.41) is 1.12. The lowest BCUT2D eigenvalue weighted by atomic mass is 10.1. The van der Waals surface area contributed by atoms with Crippen LogP contribution in [0, 0.1) is 6.92 Å². The Morgan fingerprint density at radius 3 is 2.65 bits per heavy atom. The van der Waals surface area contributed by atoms with Crippen LogP contribution in [0.15, 0.2) is 48.8 Å². The fraction of sp³-hybridized carbons (Fsp3) is 0.263. The van der Waals surface area contributed by atoms with Gasteiger partial charge in [-0.2, -0.15) is 0 Å². The van der Waals surface area contributed by atoms with Crippen molar-refractivity contribution < 1.29 is 4.74 Å². The highest BCUT2D eigenvalue weighted by atomic mass is 16.5. The minimum Gasteiger partial charge on any atom is -0.494 e. The lowest BCUT2D eigenvalue weighted by Gasteiger charge is -2.22. The van der Waals surface area contributed by atoms with Crippen LogP contribution in [0.2, 0.25) is 0 Å². The van der Waals surface area contributed by atoms with Crippen LogP contribution in [0.1, 0.15) is 11.3 Å². The SMILES string of the molecule is COc1cccc2c(N(C)CCc3ccncc3)cc(C)nc12. The molecule has 0 amide bonds. The van der Waals surface area contributed by atoms with E-state index in [1.807, 2.05) is 31.5 Å². The van der Waals surface area contributed by atoms with Gasteiger partial charge in [0.05, 0.1) is 7.11 Å². The Labute approximate surface area is 136 Å². The van der Waals surface area contributed by atoms with Gasteiger partial charge in [0.2, 0.25) is 0 Å². The van der Waals surface area contributed by atoms with Crippen LogP contribution in [0.4, 0.5) is 5.69 Å². The molecule has 0 unspecified atom stereocenters. The van der Waals surface area contributed by atoms with Gasteiger partial charge in [-0.15, -0.1) is 0 Å². The Balaban J connectivity index is 1.92. The van der Waals surface area contributed by atoms with Gasteiger partial charge < -0.3 is 9.64 Å². The zero-order chi connectivity index (χ0) is 16.2. The van der Waals surface area contributed by atoms with E-state index in [9.17, 15) is 0 Å². The van der Waals surface area contributed by atoms with Crippen molar-refractivity contribution in [3.8, 4) is 5.75 Å². The molecule has 0 saturated heterocycles. The second-order valence-corrected chi connectivity index (χ2v) is 5.67. The van der Waals surface area contributed by atoms with E-state index in [1.165, 1.54) is 11.3 Å². The van der Waals surface area contributed by atoms with Crippen LogP contribution in [0.5, 0.6) is 5.75 Å². The first kappa shape index (κ1) is 15.3. The molecule has 3 aromatic rings. The standard InChI is InChI=1S/C19H21N3O/c1-14-13-17(16-5-4-6-18(23-3)19(16)21-14)22(2)12-9-15-7-10-20-11-8-15/h4-8,10-11,13H,9,12H2,1-3H3. The molecular weight excluding hydrogens is 286 g/mol. The van der Waals surface area contributed by atoms with Crippen molar-refractivity contribution in [3.05, 3.63) is 60.0 Å². The highest BCUT2D eigenvalue weighted by Gasteiger charge is 2.11. The first-order chi connectivity index (χ1) is 11.2. The van der Waals surface area contributed by atoms with Crippen molar-refractivity contribution in [2.75, 3.05) is 25.6 Å². The number of nitrogens with zero attached hydrogens (tertiary/aromatic N) is 3. The summed E-state index contributed by atoms with van der Waals surface area (Å²) < 4.78 is 5.46. The molecule has 23 heavy (non-hydrogen) atoms. The highest BCUT2D eigenvalue weighted by molar-refractivity contribution is 5.95.